The van der Waals surface area contributed by atoms with Crippen LogP contribution in [0.1, 0.15) is 5.56 Å². The lowest BCUT2D eigenvalue weighted by molar-refractivity contribution is -0.128. The molecular formula is C22H26N6O2. The lowest BCUT2D eigenvalue weighted by Gasteiger charge is -2.19. The zero-order chi connectivity index (χ0) is 21.5. The summed E-state index contributed by atoms with van der Waals surface area (Å²) < 4.78 is 1.62. The lowest BCUT2D eigenvalue weighted by atomic mass is 10.1. The maximum atomic E-state index is 13.0. The number of aromatic nitrogens is 3. The monoisotopic (exact) mass is 406 g/mol. The Labute approximate surface area is 175 Å². The van der Waals surface area contributed by atoms with Gasteiger partial charge in [-0.3, -0.25) is 24.6 Å². The number of hydrogen-bond donors (Lipinski definition) is 2. The molecule has 0 radical (unpaired) electrons. The minimum Gasteiger partial charge on any atom is -0.348 e. The number of likely N-dealkylation sites (N-methyl/N-ethyl adjacent to an activating group) is 1. The molecule has 1 aromatic carbocycles. The number of hydrogen-bond acceptors (Lipinski definition) is 5. The van der Waals surface area contributed by atoms with Crippen LogP contribution < -0.4 is 10.6 Å². The normalized spacial score (nSPS) is 11.7. The summed E-state index contributed by atoms with van der Waals surface area (Å²) in [5, 5.41) is 10.5. The van der Waals surface area contributed by atoms with Gasteiger partial charge in [-0.2, -0.15) is 5.10 Å². The predicted octanol–water partition coefficient (Wildman–Crippen LogP) is 1.71. The second kappa shape index (κ2) is 9.80. The number of nitrogens with one attached hydrogen (secondary N) is 2. The van der Waals surface area contributed by atoms with E-state index in [1.165, 1.54) is 4.90 Å². The molecular weight excluding hydrogens is 380 g/mol. The third kappa shape index (κ3) is 5.51. The first kappa shape index (κ1) is 21.2. The van der Waals surface area contributed by atoms with Crippen LogP contribution in [0.25, 0.3) is 11.3 Å². The largest absolute Gasteiger partial charge is 0.348 e. The van der Waals surface area contributed by atoms with Gasteiger partial charge in [-0.25, -0.2) is 0 Å². The number of anilines is 1. The number of rotatable bonds is 8. The standard InChI is InChI=1S/C22H26N6O2/c1-27(2)21(29)15-24-19(13-16-7-5-4-6-8-16)22(30)25-20-14-18(26-28(20)3)17-9-11-23-12-10-17/h4-12,14,19,24H,13,15H2,1-3H3,(H,25,30)/t19-/m0/s1. The average Bonchev–Trinajstić information content (AvgIpc) is 3.12. The summed E-state index contributed by atoms with van der Waals surface area (Å²) in [5.74, 6) is 0.252. The first-order valence-corrected chi connectivity index (χ1v) is 9.67. The number of aryl methyl sites for hydroxylation is 1. The van der Waals surface area contributed by atoms with Crippen molar-refractivity contribution < 1.29 is 9.59 Å². The lowest BCUT2D eigenvalue weighted by Crippen LogP contribution is -2.46. The first-order chi connectivity index (χ1) is 14.4. The fourth-order valence-corrected chi connectivity index (χ4v) is 2.94. The third-order valence-electron chi connectivity index (χ3n) is 4.70. The minimum absolute atomic E-state index is 0.0750. The molecule has 3 rings (SSSR count). The molecule has 2 heterocycles. The van der Waals surface area contributed by atoms with Crippen molar-refractivity contribution in [3.8, 4) is 11.3 Å². The van der Waals surface area contributed by atoms with Crippen molar-refractivity contribution >= 4 is 17.6 Å². The van der Waals surface area contributed by atoms with Crippen LogP contribution in [0, 0.1) is 0 Å². The Morgan fingerprint density at radius 1 is 1.10 bits per heavy atom. The summed E-state index contributed by atoms with van der Waals surface area (Å²) in [4.78, 5) is 30.6. The Morgan fingerprint density at radius 2 is 1.80 bits per heavy atom. The Hall–Kier alpha value is -3.52. The van der Waals surface area contributed by atoms with E-state index in [-0.39, 0.29) is 18.4 Å². The molecule has 156 valence electrons. The van der Waals surface area contributed by atoms with Crippen molar-refractivity contribution in [3.05, 3.63) is 66.5 Å². The van der Waals surface area contributed by atoms with E-state index in [0.717, 1.165) is 16.8 Å². The number of carbonyl (C=O) groups is 2. The van der Waals surface area contributed by atoms with Crippen molar-refractivity contribution in [2.75, 3.05) is 26.0 Å². The first-order valence-electron chi connectivity index (χ1n) is 9.67. The quantitative estimate of drug-likeness (QED) is 0.594. The van der Waals surface area contributed by atoms with Crippen molar-refractivity contribution in [2.45, 2.75) is 12.5 Å². The van der Waals surface area contributed by atoms with Crippen LogP contribution in [0.3, 0.4) is 0 Å². The van der Waals surface area contributed by atoms with E-state index < -0.39 is 6.04 Å². The van der Waals surface area contributed by atoms with Crippen LogP contribution in [0.2, 0.25) is 0 Å². The van der Waals surface area contributed by atoms with Gasteiger partial charge in [-0.05, 0) is 24.1 Å². The summed E-state index contributed by atoms with van der Waals surface area (Å²) in [5.41, 5.74) is 2.66. The van der Waals surface area contributed by atoms with Gasteiger partial charge >= 0.3 is 0 Å². The SMILES string of the molecule is CN(C)C(=O)CN[C@@H](Cc1ccccc1)C(=O)Nc1cc(-c2ccncc2)nn1C. The van der Waals surface area contributed by atoms with E-state index in [2.05, 4.69) is 20.7 Å². The van der Waals surface area contributed by atoms with E-state index in [0.29, 0.717) is 12.2 Å². The number of carbonyl (C=O) groups excluding carboxylic acids is 2. The Morgan fingerprint density at radius 3 is 2.47 bits per heavy atom. The van der Waals surface area contributed by atoms with Gasteiger partial charge in [-0.1, -0.05) is 30.3 Å². The number of benzene rings is 1. The number of nitrogens with zero attached hydrogens (tertiary/aromatic N) is 4. The summed E-state index contributed by atoms with van der Waals surface area (Å²) in [6, 6.07) is 14.7. The summed E-state index contributed by atoms with van der Waals surface area (Å²) >= 11 is 0. The molecule has 0 fully saturated rings. The molecule has 1 atom stereocenters. The molecule has 0 unspecified atom stereocenters. The van der Waals surface area contributed by atoms with E-state index >= 15 is 0 Å². The van der Waals surface area contributed by atoms with Crippen molar-refractivity contribution in [2.24, 2.45) is 7.05 Å². The van der Waals surface area contributed by atoms with Crippen molar-refractivity contribution in [3.63, 3.8) is 0 Å². The van der Waals surface area contributed by atoms with Crippen molar-refractivity contribution in [1.29, 1.82) is 0 Å². The van der Waals surface area contributed by atoms with Gasteiger partial charge in [0.1, 0.15) is 5.82 Å². The van der Waals surface area contributed by atoms with Crippen LogP contribution in [0.15, 0.2) is 60.9 Å². The number of amides is 2. The summed E-state index contributed by atoms with van der Waals surface area (Å²) in [6.45, 7) is 0.0750. The van der Waals surface area contributed by atoms with Crippen molar-refractivity contribution in [1.82, 2.24) is 25.0 Å². The van der Waals surface area contributed by atoms with Gasteiger partial charge in [0.15, 0.2) is 0 Å². The highest BCUT2D eigenvalue weighted by atomic mass is 16.2. The highest BCUT2D eigenvalue weighted by Gasteiger charge is 2.21. The molecule has 0 aliphatic rings. The molecule has 0 spiro atoms. The van der Waals surface area contributed by atoms with Crippen LogP contribution in [-0.2, 0) is 23.1 Å². The van der Waals surface area contributed by atoms with Gasteiger partial charge in [-0.15, -0.1) is 0 Å². The third-order valence-corrected chi connectivity index (χ3v) is 4.70. The molecule has 0 aliphatic heterocycles. The van der Waals surface area contributed by atoms with E-state index in [4.69, 9.17) is 0 Å². The second-order valence-corrected chi connectivity index (χ2v) is 7.17. The Bertz CT molecular complexity index is 985. The van der Waals surface area contributed by atoms with Crippen LogP contribution in [0.5, 0.6) is 0 Å². The summed E-state index contributed by atoms with van der Waals surface area (Å²) in [6.07, 6.45) is 3.86. The molecule has 2 aromatic heterocycles. The molecule has 8 nitrogen and oxygen atoms in total. The molecule has 8 heteroatoms. The zero-order valence-corrected chi connectivity index (χ0v) is 17.4. The second-order valence-electron chi connectivity index (χ2n) is 7.17. The van der Waals surface area contributed by atoms with Gasteiger partial charge in [0.25, 0.3) is 0 Å². The fourth-order valence-electron chi connectivity index (χ4n) is 2.94. The molecule has 0 bridgehead atoms. The molecule has 0 aliphatic carbocycles. The molecule has 2 N–H and O–H groups in total. The van der Waals surface area contributed by atoms with Gasteiger partial charge in [0.2, 0.25) is 11.8 Å². The zero-order valence-electron chi connectivity index (χ0n) is 17.4. The van der Waals surface area contributed by atoms with E-state index in [1.54, 1.807) is 38.2 Å². The fraction of sp³-hybridized carbons (Fsp3) is 0.273. The Kier molecular flexibility index (Phi) is 6.92. The maximum Gasteiger partial charge on any atom is 0.243 e. The van der Waals surface area contributed by atoms with Gasteiger partial charge in [0.05, 0.1) is 18.3 Å². The van der Waals surface area contributed by atoms with Crippen LogP contribution in [0.4, 0.5) is 5.82 Å². The average molecular weight is 406 g/mol. The van der Waals surface area contributed by atoms with Gasteiger partial charge < -0.3 is 10.2 Å². The molecule has 3 aromatic rings. The molecule has 0 saturated heterocycles. The van der Waals surface area contributed by atoms with E-state index in [1.807, 2.05) is 48.5 Å². The number of pyridine rings is 1. The maximum absolute atomic E-state index is 13.0. The minimum atomic E-state index is -0.574. The molecule has 0 saturated carbocycles. The molecule has 30 heavy (non-hydrogen) atoms. The van der Waals surface area contributed by atoms with Crippen LogP contribution >= 0.6 is 0 Å². The molecule has 2 amide bonds. The topological polar surface area (TPSA) is 92.2 Å². The predicted molar refractivity (Wildman–Crippen MR) is 116 cm³/mol. The highest BCUT2D eigenvalue weighted by molar-refractivity contribution is 5.95. The van der Waals surface area contributed by atoms with E-state index in [9.17, 15) is 9.59 Å². The summed E-state index contributed by atoms with van der Waals surface area (Å²) in [7, 11) is 5.15. The van der Waals surface area contributed by atoms with Crippen LogP contribution in [-0.4, -0.2) is 58.2 Å². The smallest absolute Gasteiger partial charge is 0.243 e. The Balaban J connectivity index is 1.75. The van der Waals surface area contributed by atoms with Gasteiger partial charge in [0, 0.05) is 45.2 Å². The highest BCUT2D eigenvalue weighted by Crippen LogP contribution is 2.20.